The molecule has 1 aromatic heterocycles. The van der Waals surface area contributed by atoms with Gasteiger partial charge in [-0.1, -0.05) is 36.4 Å². The molecule has 88 valence electrons. The Labute approximate surface area is 106 Å². The van der Waals surface area contributed by atoms with Crippen molar-refractivity contribution in [3.63, 3.8) is 0 Å². The standard InChI is InChI=1S/C16H15N2/c17-16-8-4-7-14-12-18(10-9-15(14)16)11-13-5-2-1-3-6-13/h1-10,12H,11,17H2/q+1. The monoisotopic (exact) mass is 235 g/mol. The maximum Gasteiger partial charge on any atom is 0.177 e. The zero-order valence-corrected chi connectivity index (χ0v) is 10.1. The Bertz CT molecular complexity index is 675. The fraction of sp³-hybridized carbons (Fsp3) is 0.0625. The van der Waals surface area contributed by atoms with Crippen molar-refractivity contribution >= 4 is 16.5 Å². The van der Waals surface area contributed by atoms with Crippen LogP contribution in [0.15, 0.2) is 67.0 Å². The highest BCUT2D eigenvalue weighted by molar-refractivity contribution is 5.91. The Morgan fingerprint density at radius 3 is 2.56 bits per heavy atom. The highest BCUT2D eigenvalue weighted by Gasteiger charge is 2.05. The van der Waals surface area contributed by atoms with E-state index in [2.05, 4.69) is 53.4 Å². The van der Waals surface area contributed by atoms with Crippen LogP contribution in [0.1, 0.15) is 5.56 Å². The highest BCUT2D eigenvalue weighted by atomic mass is 14.9. The molecule has 0 radical (unpaired) electrons. The lowest BCUT2D eigenvalue weighted by atomic mass is 10.1. The summed E-state index contributed by atoms with van der Waals surface area (Å²) in [5.74, 6) is 0. The fourth-order valence-electron chi connectivity index (χ4n) is 2.19. The number of nitrogens with two attached hydrogens (primary N) is 1. The van der Waals surface area contributed by atoms with Crippen LogP contribution in [-0.4, -0.2) is 0 Å². The van der Waals surface area contributed by atoms with Gasteiger partial charge in [0.15, 0.2) is 18.9 Å². The average Bonchev–Trinajstić information content (AvgIpc) is 2.40. The van der Waals surface area contributed by atoms with Gasteiger partial charge in [-0.3, -0.25) is 0 Å². The number of hydrogen-bond donors (Lipinski definition) is 1. The van der Waals surface area contributed by atoms with Gasteiger partial charge in [-0.05, 0) is 12.1 Å². The number of anilines is 1. The third kappa shape index (κ3) is 2.05. The van der Waals surface area contributed by atoms with Crippen molar-refractivity contribution in [1.29, 1.82) is 0 Å². The number of hydrogen-bond acceptors (Lipinski definition) is 1. The molecule has 0 saturated carbocycles. The Kier molecular flexibility index (Phi) is 2.69. The molecule has 0 aliphatic rings. The lowest BCUT2D eigenvalue weighted by Gasteiger charge is -2.02. The van der Waals surface area contributed by atoms with Crippen molar-refractivity contribution in [2.75, 3.05) is 5.73 Å². The SMILES string of the molecule is Nc1cccc2c[n+](Cc3ccccc3)ccc12. The normalized spacial score (nSPS) is 10.7. The van der Waals surface area contributed by atoms with Crippen LogP contribution < -0.4 is 10.3 Å². The molecule has 2 nitrogen and oxygen atoms in total. The maximum absolute atomic E-state index is 5.95. The predicted octanol–water partition coefficient (Wildman–Crippen LogP) is 2.76. The van der Waals surface area contributed by atoms with Gasteiger partial charge in [0.2, 0.25) is 0 Å². The molecule has 0 spiro atoms. The molecule has 3 rings (SSSR count). The van der Waals surface area contributed by atoms with E-state index in [1.54, 1.807) is 0 Å². The van der Waals surface area contributed by atoms with Crippen molar-refractivity contribution < 1.29 is 4.57 Å². The van der Waals surface area contributed by atoms with Crippen molar-refractivity contribution in [1.82, 2.24) is 0 Å². The first kappa shape index (κ1) is 10.8. The van der Waals surface area contributed by atoms with Gasteiger partial charge < -0.3 is 5.73 Å². The van der Waals surface area contributed by atoms with Crippen molar-refractivity contribution in [2.45, 2.75) is 6.54 Å². The molecule has 18 heavy (non-hydrogen) atoms. The fourth-order valence-corrected chi connectivity index (χ4v) is 2.19. The van der Waals surface area contributed by atoms with Gasteiger partial charge in [-0.25, -0.2) is 4.57 Å². The smallest absolute Gasteiger partial charge is 0.177 e. The summed E-state index contributed by atoms with van der Waals surface area (Å²) in [6, 6.07) is 18.5. The molecule has 1 heterocycles. The summed E-state index contributed by atoms with van der Waals surface area (Å²) < 4.78 is 2.18. The van der Waals surface area contributed by atoms with E-state index in [9.17, 15) is 0 Å². The molecule has 3 aromatic rings. The lowest BCUT2D eigenvalue weighted by molar-refractivity contribution is -0.687. The quantitative estimate of drug-likeness (QED) is 0.537. The first-order valence-electron chi connectivity index (χ1n) is 6.04. The summed E-state index contributed by atoms with van der Waals surface area (Å²) in [6.45, 7) is 0.881. The summed E-state index contributed by atoms with van der Waals surface area (Å²) in [4.78, 5) is 0. The lowest BCUT2D eigenvalue weighted by Crippen LogP contribution is -2.33. The van der Waals surface area contributed by atoms with Crippen LogP contribution in [0.3, 0.4) is 0 Å². The summed E-state index contributed by atoms with van der Waals surface area (Å²) >= 11 is 0. The van der Waals surface area contributed by atoms with Crippen molar-refractivity contribution in [2.24, 2.45) is 0 Å². The van der Waals surface area contributed by atoms with Gasteiger partial charge >= 0.3 is 0 Å². The van der Waals surface area contributed by atoms with Crippen LogP contribution in [-0.2, 0) is 6.54 Å². The number of rotatable bonds is 2. The predicted molar refractivity (Wildman–Crippen MR) is 74.1 cm³/mol. The molecule has 2 aromatic carbocycles. The molecule has 2 N–H and O–H groups in total. The first-order chi connectivity index (χ1) is 8.83. The number of pyridine rings is 1. The minimum atomic E-state index is 0.833. The molecule has 2 heteroatoms. The van der Waals surface area contributed by atoms with E-state index in [0.717, 1.165) is 17.6 Å². The van der Waals surface area contributed by atoms with Crippen molar-refractivity contribution in [3.05, 3.63) is 72.6 Å². The Morgan fingerprint density at radius 2 is 1.72 bits per heavy atom. The summed E-state index contributed by atoms with van der Waals surface area (Å²) in [7, 11) is 0. The Hall–Kier alpha value is -2.35. The third-order valence-corrected chi connectivity index (χ3v) is 3.12. The van der Waals surface area contributed by atoms with Gasteiger partial charge in [0.1, 0.15) is 0 Å². The molecular weight excluding hydrogens is 220 g/mol. The molecular formula is C16H15N2+. The zero-order chi connectivity index (χ0) is 12.4. The van der Waals surface area contributed by atoms with E-state index < -0.39 is 0 Å². The van der Waals surface area contributed by atoms with Gasteiger partial charge in [0.05, 0.1) is 0 Å². The Morgan fingerprint density at radius 1 is 0.889 bits per heavy atom. The molecule has 0 aliphatic heterocycles. The van der Waals surface area contributed by atoms with Crippen LogP contribution in [0.2, 0.25) is 0 Å². The largest absolute Gasteiger partial charge is 0.398 e. The third-order valence-electron chi connectivity index (χ3n) is 3.12. The van der Waals surface area contributed by atoms with E-state index in [-0.39, 0.29) is 0 Å². The topological polar surface area (TPSA) is 29.9 Å². The van der Waals surface area contributed by atoms with E-state index in [4.69, 9.17) is 5.73 Å². The summed E-state index contributed by atoms with van der Waals surface area (Å²) in [5, 5.41) is 2.29. The number of benzene rings is 2. The van der Waals surface area contributed by atoms with E-state index in [1.807, 2.05) is 18.2 Å². The number of nitrogen functional groups attached to an aromatic ring is 1. The minimum Gasteiger partial charge on any atom is -0.398 e. The molecule has 0 amide bonds. The average molecular weight is 235 g/mol. The number of fused-ring (bicyclic) bond motifs is 1. The first-order valence-corrected chi connectivity index (χ1v) is 6.04. The van der Waals surface area contributed by atoms with Crippen LogP contribution in [0.4, 0.5) is 5.69 Å². The highest BCUT2D eigenvalue weighted by Crippen LogP contribution is 2.18. The maximum atomic E-state index is 5.95. The Balaban J connectivity index is 1.99. The van der Waals surface area contributed by atoms with E-state index in [0.29, 0.717) is 0 Å². The second kappa shape index (κ2) is 4.49. The second-order valence-electron chi connectivity index (χ2n) is 4.45. The van der Waals surface area contributed by atoms with Gasteiger partial charge in [0.25, 0.3) is 0 Å². The van der Waals surface area contributed by atoms with E-state index in [1.165, 1.54) is 10.9 Å². The molecule has 0 unspecified atom stereocenters. The van der Waals surface area contributed by atoms with E-state index >= 15 is 0 Å². The molecule has 0 bridgehead atoms. The van der Waals surface area contributed by atoms with Gasteiger partial charge in [-0.2, -0.15) is 0 Å². The molecule has 0 atom stereocenters. The van der Waals surface area contributed by atoms with Crippen LogP contribution in [0.5, 0.6) is 0 Å². The second-order valence-corrected chi connectivity index (χ2v) is 4.45. The zero-order valence-electron chi connectivity index (χ0n) is 10.1. The number of aromatic nitrogens is 1. The van der Waals surface area contributed by atoms with Crippen molar-refractivity contribution in [3.8, 4) is 0 Å². The van der Waals surface area contributed by atoms with Crippen LogP contribution in [0, 0.1) is 0 Å². The van der Waals surface area contributed by atoms with Gasteiger partial charge in [-0.15, -0.1) is 0 Å². The molecule has 0 saturated heterocycles. The molecule has 0 aliphatic carbocycles. The molecule has 0 fully saturated rings. The summed E-state index contributed by atoms with van der Waals surface area (Å²) in [6.07, 6.45) is 4.21. The number of nitrogens with zero attached hydrogens (tertiary/aromatic N) is 1. The van der Waals surface area contributed by atoms with Crippen LogP contribution >= 0.6 is 0 Å². The minimum absolute atomic E-state index is 0.833. The van der Waals surface area contributed by atoms with Crippen LogP contribution in [0.25, 0.3) is 10.8 Å². The summed E-state index contributed by atoms with van der Waals surface area (Å²) in [5.41, 5.74) is 8.08. The van der Waals surface area contributed by atoms with Gasteiger partial charge in [0, 0.05) is 28.1 Å².